The monoisotopic (exact) mass is 380 g/mol. The molecule has 3 aromatic rings. The lowest BCUT2D eigenvalue weighted by Crippen LogP contribution is -2.34. The Labute approximate surface area is 162 Å². The molecule has 8 nitrogen and oxygen atoms in total. The summed E-state index contributed by atoms with van der Waals surface area (Å²) in [7, 11) is 0. The molecule has 0 fully saturated rings. The fourth-order valence-electron chi connectivity index (χ4n) is 3.64. The molecule has 4 rings (SSSR count). The number of benzene rings is 1. The topological polar surface area (TPSA) is 95.9 Å². The van der Waals surface area contributed by atoms with Gasteiger partial charge in [0, 0.05) is 25.7 Å². The molecule has 3 heterocycles. The molecule has 1 aliphatic rings. The molecule has 0 saturated carbocycles. The van der Waals surface area contributed by atoms with Gasteiger partial charge in [0.15, 0.2) is 5.65 Å². The summed E-state index contributed by atoms with van der Waals surface area (Å²) in [4.78, 5) is 33.7. The number of nitrogens with zero attached hydrogens (tertiary/aromatic N) is 4. The molecule has 146 valence electrons. The molecule has 0 bridgehead atoms. The van der Waals surface area contributed by atoms with Gasteiger partial charge in [-0.25, -0.2) is 4.68 Å². The van der Waals surface area contributed by atoms with Gasteiger partial charge in [0.1, 0.15) is 5.39 Å². The van der Waals surface area contributed by atoms with Crippen molar-refractivity contribution < 1.29 is 4.79 Å². The first-order valence-corrected chi connectivity index (χ1v) is 9.36. The van der Waals surface area contributed by atoms with Gasteiger partial charge in [-0.2, -0.15) is 10.1 Å². The van der Waals surface area contributed by atoms with Crippen molar-refractivity contribution in [3.8, 4) is 0 Å². The van der Waals surface area contributed by atoms with E-state index in [2.05, 4.69) is 20.3 Å². The zero-order valence-corrected chi connectivity index (χ0v) is 16.5. The number of carbonyl (C=O) groups excluding carboxylic acids is 1. The minimum Gasteiger partial charge on any atom is -0.338 e. The molecule has 1 aliphatic heterocycles. The van der Waals surface area contributed by atoms with Gasteiger partial charge < -0.3 is 10.2 Å². The molecule has 28 heavy (non-hydrogen) atoms. The first-order chi connectivity index (χ1) is 13.2. The molecule has 0 saturated heterocycles. The van der Waals surface area contributed by atoms with E-state index < -0.39 is 0 Å². The highest BCUT2D eigenvalue weighted by Gasteiger charge is 2.24. The van der Waals surface area contributed by atoms with Crippen molar-refractivity contribution in [1.29, 1.82) is 0 Å². The summed E-state index contributed by atoms with van der Waals surface area (Å²) in [6.45, 7) is 8.91. The van der Waals surface area contributed by atoms with E-state index in [1.165, 1.54) is 6.92 Å². The average molecular weight is 380 g/mol. The van der Waals surface area contributed by atoms with Crippen molar-refractivity contribution in [2.75, 3.05) is 16.8 Å². The van der Waals surface area contributed by atoms with E-state index in [1.54, 1.807) is 10.9 Å². The molecule has 1 aromatic carbocycles. The third kappa shape index (κ3) is 3.15. The van der Waals surface area contributed by atoms with Gasteiger partial charge in [0.25, 0.3) is 5.56 Å². The van der Waals surface area contributed by atoms with Gasteiger partial charge in [-0.1, -0.05) is 12.1 Å². The molecule has 0 aliphatic carbocycles. The molecule has 0 spiro atoms. The van der Waals surface area contributed by atoms with E-state index in [-0.39, 0.29) is 17.0 Å². The third-order valence-electron chi connectivity index (χ3n) is 4.94. The van der Waals surface area contributed by atoms with Crippen molar-refractivity contribution in [3.63, 3.8) is 0 Å². The summed E-state index contributed by atoms with van der Waals surface area (Å²) in [5, 5.41) is 7.75. The highest BCUT2D eigenvalue weighted by molar-refractivity contribution is 5.89. The van der Waals surface area contributed by atoms with Crippen LogP contribution in [-0.2, 0) is 23.3 Å². The van der Waals surface area contributed by atoms with Crippen molar-refractivity contribution in [2.24, 2.45) is 0 Å². The van der Waals surface area contributed by atoms with E-state index in [9.17, 15) is 9.59 Å². The van der Waals surface area contributed by atoms with Crippen LogP contribution in [0, 0.1) is 0 Å². The van der Waals surface area contributed by atoms with Crippen LogP contribution in [0.15, 0.2) is 29.2 Å². The minimum absolute atomic E-state index is 0.0808. The molecule has 0 radical (unpaired) electrons. The van der Waals surface area contributed by atoms with Crippen molar-refractivity contribution in [1.82, 2.24) is 19.7 Å². The van der Waals surface area contributed by atoms with E-state index >= 15 is 0 Å². The maximum absolute atomic E-state index is 12.6. The zero-order chi connectivity index (χ0) is 20.1. The highest BCUT2D eigenvalue weighted by Crippen LogP contribution is 2.28. The summed E-state index contributed by atoms with van der Waals surface area (Å²) >= 11 is 0. The number of anilines is 2. The Morgan fingerprint density at radius 3 is 2.79 bits per heavy atom. The van der Waals surface area contributed by atoms with Crippen LogP contribution in [0.25, 0.3) is 11.0 Å². The quantitative estimate of drug-likeness (QED) is 0.712. The Morgan fingerprint density at radius 1 is 1.29 bits per heavy atom. The lowest BCUT2D eigenvalue weighted by atomic mass is 9.98. The first kappa shape index (κ1) is 18.2. The van der Waals surface area contributed by atoms with Gasteiger partial charge in [0.2, 0.25) is 11.9 Å². The SMILES string of the molecule is CC(=O)Nc1cccc2c1CCN(c1nc3c(cnn3C(C)(C)C)c(=O)[nH]1)C2. The molecule has 2 N–H and O–H groups in total. The second-order valence-electron chi connectivity index (χ2n) is 8.15. The Hall–Kier alpha value is -3.16. The second kappa shape index (κ2) is 6.47. The van der Waals surface area contributed by atoms with Gasteiger partial charge in [0.05, 0.1) is 11.7 Å². The number of aromatic nitrogens is 4. The number of H-pyrrole nitrogens is 1. The lowest BCUT2D eigenvalue weighted by Gasteiger charge is -2.30. The molecular weight excluding hydrogens is 356 g/mol. The highest BCUT2D eigenvalue weighted by atomic mass is 16.1. The van der Waals surface area contributed by atoms with Gasteiger partial charge >= 0.3 is 0 Å². The third-order valence-corrected chi connectivity index (χ3v) is 4.94. The largest absolute Gasteiger partial charge is 0.338 e. The predicted octanol–water partition coefficient (Wildman–Crippen LogP) is 2.40. The fraction of sp³-hybridized carbons (Fsp3) is 0.400. The molecular formula is C20H24N6O2. The Morgan fingerprint density at radius 2 is 2.07 bits per heavy atom. The molecule has 1 amide bonds. The summed E-state index contributed by atoms with van der Waals surface area (Å²) in [5.74, 6) is 0.460. The summed E-state index contributed by atoms with van der Waals surface area (Å²) in [5.41, 5.74) is 3.23. The Kier molecular flexibility index (Phi) is 4.21. The first-order valence-electron chi connectivity index (χ1n) is 9.36. The van der Waals surface area contributed by atoms with Crippen LogP contribution in [0.5, 0.6) is 0 Å². The zero-order valence-electron chi connectivity index (χ0n) is 16.5. The normalized spacial score (nSPS) is 14.2. The maximum Gasteiger partial charge on any atom is 0.263 e. The van der Waals surface area contributed by atoms with Crippen molar-refractivity contribution >= 4 is 28.6 Å². The van der Waals surface area contributed by atoms with Crippen LogP contribution in [-0.4, -0.2) is 32.2 Å². The summed E-state index contributed by atoms with van der Waals surface area (Å²) < 4.78 is 1.79. The molecule has 8 heteroatoms. The Bertz CT molecular complexity index is 1120. The maximum atomic E-state index is 12.6. The number of hydrogen-bond acceptors (Lipinski definition) is 5. The number of nitrogens with one attached hydrogen (secondary N) is 2. The van der Waals surface area contributed by atoms with E-state index in [0.717, 1.165) is 23.2 Å². The second-order valence-corrected chi connectivity index (χ2v) is 8.15. The van der Waals surface area contributed by atoms with Gasteiger partial charge in [-0.3, -0.25) is 14.6 Å². The number of fused-ring (bicyclic) bond motifs is 2. The van der Waals surface area contributed by atoms with Crippen LogP contribution < -0.4 is 15.8 Å². The van der Waals surface area contributed by atoms with Gasteiger partial charge in [-0.05, 0) is 44.4 Å². The number of amides is 1. The van der Waals surface area contributed by atoms with Crippen LogP contribution in [0.2, 0.25) is 0 Å². The lowest BCUT2D eigenvalue weighted by molar-refractivity contribution is -0.114. The molecule has 0 unspecified atom stereocenters. The predicted molar refractivity (Wildman–Crippen MR) is 109 cm³/mol. The standard InChI is InChI=1S/C20H24N6O2/c1-12(27)22-16-7-5-6-13-11-25(9-8-14(13)16)19-23-17-15(18(28)24-19)10-21-26(17)20(2,3)4/h5-7,10H,8-9,11H2,1-4H3,(H,22,27)(H,23,24,28). The van der Waals surface area contributed by atoms with Crippen LogP contribution >= 0.6 is 0 Å². The van der Waals surface area contributed by atoms with Crippen LogP contribution in [0.4, 0.5) is 11.6 Å². The van der Waals surface area contributed by atoms with E-state index in [4.69, 9.17) is 4.98 Å². The fourth-order valence-corrected chi connectivity index (χ4v) is 3.64. The number of aromatic amines is 1. The van der Waals surface area contributed by atoms with Crippen LogP contribution in [0.3, 0.4) is 0 Å². The Balaban J connectivity index is 1.72. The summed E-state index contributed by atoms with van der Waals surface area (Å²) in [6.07, 6.45) is 2.33. The molecule has 2 aromatic heterocycles. The van der Waals surface area contributed by atoms with Crippen molar-refractivity contribution in [3.05, 3.63) is 45.9 Å². The van der Waals surface area contributed by atoms with Gasteiger partial charge in [-0.15, -0.1) is 0 Å². The van der Waals surface area contributed by atoms with Crippen molar-refractivity contribution in [2.45, 2.75) is 46.2 Å². The van der Waals surface area contributed by atoms with E-state index in [0.29, 0.717) is 30.1 Å². The number of hydrogen-bond donors (Lipinski definition) is 2. The van der Waals surface area contributed by atoms with Crippen LogP contribution in [0.1, 0.15) is 38.8 Å². The smallest absolute Gasteiger partial charge is 0.263 e. The average Bonchev–Trinajstić information content (AvgIpc) is 3.06. The van der Waals surface area contributed by atoms with E-state index in [1.807, 2.05) is 39.0 Å². The number of rotatable bonds is 2. The summed E-state index contributed by atoms with van der Waals surface area (Å²) in [6, 6.07) is 5.90. The molecule has 0 atom stereocenters. The number of carbonyl (C=O) groups is 1. The minimum atomic E-state index is -0.276.